The summed E-state index contributed by atoms with van der Waals surface area (Å²) < 4.78 is 3.68. The first-order valence-electron chi connectivity index (χ1n) is 9.55. The second-order valence-corrected chi connectivity index (χ2v) is 6.69. The Balaban J connectivity index is 1.80. The van der Waals surface area contributed by atoms with E-state index in [0.29, 0.717) is 6.54 Å². The Morgan fingerprint density at radius 3 is 2.52 bits per heavy atom. The fourth-order valence-corrected chi connectivity index (χ4v) is 3.12. The molecule has 0 aliphatic rings. The Morgan fingerprint density at radius 2 is 1.85 bits per heavy atom. The molecule has 0 saturated heterocycles. The van der Waals surface area contributed by atoms with E-state index in [1.165, 1.54) is 0 Å². The molecule has 0 aliphatic heterocycles. The monoisotopic (exact) mass is 366 g/mol. The third-order valence-electron chi connectivity index (χ3n) is 4.53. The third-order valence-corrected chi connectivity index (χ3v) is 4.53. The van der Waals surface area contributed by atoms with Crippen LogP contribution in [0.4, 0.5) is 0 Å². The summed E-state index contributed by atoms with van der Waals surface area (Å²) in [6.45, 7) is 4.99. The van der Waals surface area contributed by atoms with Gasteiger partial charge < -0.3 is 9.67 Å². The van der Waals surface area contributed by atoms with Crippen LogP contribution in [0.5, 0.6) is 0 Å². The molecule has 6 heteroatoms. The molecule has 0 radical (unpaired) electrons. The van der Waals surface area contributed by atoms with Crippen molar-refractivity contribution in [1.29, 1.82) is 0 Å². The quantitative estimate of drug-likeness (QED) is 0.618. The lowest BCUT2D eigenvalue weighted by atomic mass is 10.2. The molecule has 142 valence electrons. The van der Waals surface area contributed by atoms with E-state index in [9.17, 15) is 9.90 Å². The molecule has 0 amide bonds. The van der Waals surface area contributed by atoms with Crippen LogP contribution < -0.4 is 0 Å². The molecule has 1 aromatic carbocycles. The topological polar surface area (TPSA) is 72.9 Å². The van der Waals surface area contributed by atoms with Crippen LogP contribution in [0.15, 0.2) is 42.6 Å². The van der Waals surface area contributed by atoms with Crippen molar-refractivity contribution in [1.82, 2.24) is 19.3 Å². The molecule has 3 rings (SSSR count). The second-order valence-electron chi connectivity index (χ2n) is 6.69. The van der Waals surface area contributed by atoms with E-state index in [4.69, 9.17) is 4.98 Å². The van der Waals surface area contributed by atoms with E-state index in [1.54, 1.807) is 22.9 Å². The zero-order chi connectivity index (χ0) is 19.2. The average Bonchev–Trinajstić information content (AvgIpc) is 3.28. The van der Waals surface area contributed by atoms with Crippen LogP contribution in [0.25, 0.3) is 5.69 Å². The Hall–Kier alpha value is -2.89. The first-order chi connectivity index (χ1) is 13.1. The number of aromatic nitrogens is 4. The van der Waals surface area contributed by atoms with E-state index in [-0.39, 0.29) is 5.69 Å². The summed E-state index contributed by atoms with van der Waals surface area (Å²) >= 11 is 0. The Labute approximate surface area is 159 Å². The SMILES string of the molecule is CCCCc1nc(CCC)nn1Cc1ccc(-n2cccc2C(=O)O)cc1. The Kier molecular flexibility index (Phi) is 6.06. The normalized spacial score (nSPS) is 11.0. The number of hydrogen-bond donors (Lipinski definition) is 1. The van der Waals surface area contributed by atoms with Crippen molar-refractivity contribution in [2.24, 2.45) is 0 Å². The molecule has 2 heterocycles. The number of carboxylic acids is 1. The summed E-state index contributed by atoms with van der Waals surface area (Å²) in [6.07, 6.45) is 6.88. The molecule has 2 aromatic heterocycles. The number of carbonyl (C=O) groups is 1. The maximum Gasteiger partial charge on any atom is 0.352 e. The molecule has 27 heavy (non-hydrogen) atoms. The van der Waals surface area contributed by atoms with Gasteiger partial charge in [0, 0.05) is 24.7 Å². The summed E-state index contributed by atoms with van der Waals surface area (Å²) in [7, 11) is 0. The van der Waals surface area contributed by atoms with Gasteiger partial charge in [-0.25, -0.2) is 14.5 Å². The van der Waals surface area contributed by atoms with Crippen LogP contribution in [0.2, 0.25) is 0 Å². The van der Waals surface area contributed by atoms with Gasteiger partial charge in [0.25, 0.3) is 0 Å². The van der Waals surface area contributed by atoms with E-state index >= 15 is 0 Å². The highest BCUT2D eigenvalue weighted by atomic mass is 16.4. The largest absolute Gasteiger partial charge is 0.477 e. The number of hydrogen-bond acceptors (Lipinski definition) is 3. The number of rotatable bonds is 9. The summed E-state index contributed by atoms with van der Waals surface area (Å²) in [5.41, 5.74) is 2.20. The van der Waals surface area contributed by atoms with Gasteiger partial charge in [0.15, 0.2) is 5.82 Å². The fraction of sp³-hybridized carbons (Fsp3) is 0.381. The first kappa shape index (κ1) is 18.9. The number of benzene rings is 1. The minimum Gasteiger partial charge on any atom is -0.477 e. The Morgan fingerprint density at radius 1 is 1.07 bits per heavy atom. The number of carboxylic acid groups (broad SMARTS) is 1. The van der Waals surface area contributed by atoms with Gasteiger partial charge >= 0.3 is 5.97 Å². The molecule has 6 nitrogen and oxygen atoms in total. The van der Waals surface area contributed by atoms with Crippen molar-refractivity contribution in [2.45, 2.75) is 52.5 Å². The number of aryl methyl sites for hydroxylation is 2. The van der Waals surface area contributed by atoms with Gasteiger partial charge in [-0.05, 0) is 42.7 Å². The van der Waals surface area contributed by atoms with Crippen molar-refractivity contribution >= 4 is 5.97 Å². The van der Waals surface area contributed by atoms with Crippen LogP contribution in [0.3, 0.4) is 0 Å². The first-order valence-corrected chi connectivity index (χ1v) is 9.55. The number of aromatic carboxylic acids is 1. The molecule has 1 N–H and O–H groups in total. The standard InChI is InChI=1S/C21H26N4O2/c1-3-5-9-20-22-19(7-4-2)23-25(20)15-16-10-12-17(13-11-16)24-14-6-8-18(24)21(26)27/h6,8,10-14H,3-5,7,9,15H2,1-2H3,(H,26,27). The van der Waals surface area contributed by atoms with Gasteiger partial charge in [-0.2, -0.15) is 5.10 Å². The van der Waals surface area contributed by atoms with Gasteiger partial charge in [0.2, 0.25) is 0 Å². The van der Waals surface area contributed by atoms with Crippen LogP contribution in [0, 0.1) is 0 Å². The van der Waals surface area contributed by atoms with Crippen molar-refractivity contribution in [3.63, 3.8) is 0 Å². The fourth-order valence-electron chi connectivity index (χ4n) is 3.12. The third kappa shape index (κ3) is 4.45. The molecule has 0 saturated carbocycles. The average molecular weight is 366 g/mol. The summed E-state index contributed by atoms with van der Waals surface area (Å²) in [5, 5.41) is 14.0. The minimum absolute atomic E-state index is 0.255. The van der Waals surface area contributed by atoms with Gasteiger partial charge in [-0.15, -0.1) is 0 Å². The second kappa shape index (κ2) is 8.66. The molecule has 3 aromatic rings. The maximum atomic E-state index is 11.3. The highest BCUT2D eigenvalue weighted by molar-refractivity contribution is 5.86. The number of nitrogens with zero attached hydrogens (tertiary/aromatic N) is 4. The highest BCUT2D eigenvalue weighted by Gasteiger charge is 2.12. The van der Waals surface area contributed by atoms with Crippen molar-refractivity contribution in [3.05, 3.63) is 65.5 Å². The predicted octanol–water partition coefficient (Wildman–Crippen LogP) is 4.11. The smallest absolute Gasteiger partial charge is 0.352 e. The summed E-state index contributed by atoms with van der Waals surface area (Å²) in [4.78, 5) is 16.0. The van der Waals surface area contributed by atoms with Crippen LogP contribution in [-0.2, 0) is 19.4 Å². The molecule has 0 spiro atoms. The molecular formula is C21H26N4O2. The van der Waals surface area contributed by atoms with E-state index < -0.39 is 5.97 Å². The maximum absolute atomic E-state index is 11.3. The lowest BCUT2D eigenvalue weighted by molar-refractivity contribution is 0.0688. The lowest BCUT2D eigenvalue weighted by Gasteiger charge is -2.09. The van der Waals surface area contributed by atoms with Gasteiger partial charge in [-0.3, -0.25) is 0 Å². The molecule has 0 bridgehead atoms. The molecule has 0 fully saturated rings. The lowest BCUT2D eigenvalue weighted by Crippen LogP contribution is -2.08. The van der Waals surface area contributed by atoms with Crippen LogP contribution >= 0.6 is 0 Å². The van der Waals surface area contributed by atoms with Crippen molar-refractivity contribution in [2.75, 3.05) is 0 Å². The predicted molar refractivity (Wildman–Crippen MR) is 104 cm³/mol. The van der Waals surface area contributed by atoms with Crippen LogP contribution in [-0.4, -0.2) is 30.4 Å². The van der Waals surface area contributed by atoms with Crippen molar-refractivity contribution in [3.8, 4) is 5.69 Å². The molecule has 0 atom stereocenters. The molecule has 0 aliphatic carbocycles. The summed E-state index contributed by atoms with van der Waals surface area (Å²) in [6, 6.07) is 11.3. The van der Waals surface area contributed by atoms with Gasteiger partial charge in [0.1, 0.15) is 11.5 Å². The molecular weight excluding hydrogens is 340 g/mol. The zero-order valence-corrected chi connectivity index (χ0v) is 15.9. The van der Waals surface area contributed by atoms with E-state index in [1.807, 2.05) is 28.9 Å². The van der Waals surface area contributed by atoms with Crippen molar-refractivity contribution < 1.29 is 9.90 Å². The minimum atomic E-state index is -0.935. The highest BCUT2D eigenvalue weighted by Crippen LogP contribution is 2.16. The molecule has 0 unspecified atom stereocenters. The Bertz CT molecular complexity index is 893. The van der Waals surface area contributed by atoms with Gasteiger partial charge in [-0.1, -0.05) is 32.4 Å². The zero-order valence-electron chi connectivity index (χ0n) is 15.9. The van der Waals surface area contributed by atoms with Gasteiger partial charge in [0.05, 0.1) is 6.54 Å². The summed E-state index contributed by atoms with van der Waals surface area (Å²) in [5.74, 6) is 1.03. The van der Waals surface area contributed by atoms with E-state index in [2.05, 4.69) is 18.9 Å². The van der Waals surface area contributed by atoms with E-state index in [0.717, 1.165) is 55.0 Å². The number of unbranched alkanes of at least 4 members (excludes halogenated alkanes) is 1. The van der Waals surface area contributed by atoms with Crippen LogP contribution in [0.1, 0.15) is 60.8 Å².